The molecule has 1 fully saturated rings. The minimum absolute atomic E-state index is 0.0451. The lowest BCUT2D eigenvalue weighted by atomic mass is 10.1. The molecule has 4 aromatic rings. The standard InChI is InChI=1S/C22H24N6O2S/c1-3-18(29)23-12-17-13(2)19-20(31-17)22(28-7-9-30-10-8-28)26-21(25-19)14-5-4-6-16-15(14)11-24-27-16/h4-6,11H,3,7-10,12H2,1-2H3,(H,23,29)(H,24,27). The highest BCUT2D eigenvalue weighted by atomic mass is 32.1. The number of carbonyl (C=O) groups is 1. The first kappa shape index (κ1) is 19.9. The summed E-state index contributed by atoms with van der Waals surface area (Å²) in [5, 5.41) is 11.2. The third kappa shape index (κ3) is 3.64. The van der Waals surface area contributed by atoms with E-state index >= 15 is 0 Å². The number of aromatic nitrogens is 4. The van der Waals surface area contributed by atoms with Gasteiger partial charge in [-0.2, -0.15) is 5.10 Å². The second-order valence-corrected chi connectivity index (χ2v) is 8.67. The Morgan fingerprint density at radius 1 is 1.29 bits per heavy atom. The van der Waals surface area contributed by atoms with Crippen LogP contribution < -0.4 is 10.2 Å². The van der Waals surface area contributed by atoms with Gasteiger partial charge < -0.3 is 15.0 Å². The molecule has 0 atom stereocenters. The zero-order chi connectivity index (χ0) is 21.4. The van der Waals surface area contributed by atoms with Crippen LogP contribution in [0.4, 0.5) is 5.82 Å². The summed E-state index contributed by atoms with van der Waals surface area (Å²) < 4.78 is 6.62. The Labute approximate surface area is 183 Å². The Morgan fingerprint density at radius 2 is 2.13 bits per heavy atom. The average Bonchev–Trinajstić information content (AvgIpc) is 3.42. The van der Waals surface area contributed by atoms with Gasteiger partial charge in [0.15, 0.2) is 11.6 Å². The molecular formula is C22H24N6O2S. The van der Waals surface area contributed by atoms with Crippen LogP contribution >= 0.6 is 11.3 Å². The van der Waals surface area contributed by atoms with Crippen LogP contribution in [0, 0.1) is 6.92 Å². The first-order valence-electron chi connectivity index (χ1n) is 10.5. The molecule has 8 nitrogen and oxygen atoms in total. The normalized spacial score (nSPS) is 14.5. The number of thiophene rings is 1. The molecule has 5 rings (SSSR count). The van der Waals surface area contributed by atoms with E-state index in [4.69, 9.17) is 14.7 Å². The monoisotopic (exact) mass is 436 g/mol. The fourth-order valence-corrected chi connectivity index (χ4v) is 5.07. The number of nitrogens with zero attached hydrogens (tertiary/aromatic N) is 4. The van der Waals surface area contributed by atoms with Crippen LogP contribution in [0.15, 0.2) is 24.4 Å². The average molecular weight is 437 g/mol. The summed E-state index contributed by atoms with van der Waals surface area (Å²) >= 11 is 1.67. The molecule has 1 aromatic carbocycles. The van der Waals surface area contributed by atoms with Gasteiger partial charge in [-0.1, -0.05) is 19.1 Å². The molecule has 4 heterocycles. The Kier molecular flexibility index (Phi) is 5.29. The third-order valence-corrected chi connectivity index (χ3v) is 6.93. The third-order valence-electron chi connectivity index (χ3n) is 5.65. The fraction of sp³-hybridized carbons (Fsp3) is 0.364. The summed E-state index contributed by atoms with van der Waals surface area (Å²) in [6, 6.07) is 6.02. The van der Waals surface area contributed by atoms with Crippen molar-refractivity contribution in [2.75, 3.05) is 31.2 Å². The van der Waals surface area contributed by atoms with Crippen molar-refractivity contribution in [1.29, 1.82) is 0 Å². The summed E-state index contributed by atoms with van der Waals surface area (Å²) in [5.41, 5.74) is 3.94. The van der Waals surface area contributed by atoms with E-state index < -0.39 is 0 Å². The van der Waals surface area contributed by atoms with Gasteiger partial charge in [0.05, 0.1) is 41.7 Å². The quantitative estimate of drug-likeness (QED) is 0.498. The van der Waals surface area contributed by atoms with Gasteiger partial charge in [-0.05, 0) is 18.6 Å². The Bertz CT molecular complexity index is 1260. The molecule has 160 valence electrons. The number of amides is 1. The number of anilines is 1. The van der Waals surface area contributed by atoms with Gasteiger partial charge in [-0.15, -0.1) is 11.3 Å². The molecule has 0 aliphatic carbocycles. The van der Waals surface area contributed by atoms with Crippen LogP contribution in [0.25, 0.3) is 32.5 Å². The van der Waals surface area contributed by atoms with E-state index in [1.54, 1.807) is 11.3 Å². The SMILES string of the molecule is CCC(=O)NCc1sc2c(N3CCOCC3)nc(-c3cccc4[nH]ncc34)nc2c1C. The van der Waals surface area contributed by atoms with Gasteiger partial charge in [0.1, 0.15) is 0 Å². The topological polar surface area (TPSA) is 96.0 Å². The van der Waals surface area contributed by atoms with Crippen molar-refractivity contribution in [3.8, 4) is 11.4 Å². The molecule has 1 aliphatic rings. The molecule has 0 bridgehead atoms. The van der Waals surface area contributed by atoms with Crippen molar-refractivity contribution in [2.24, 2.45) is 0 Å². The summed E-state index contributed by atoms with van der Waals surface area (Å²) in [7, 11) is 0. The van der Waals surface area contributed by atoms with Gasteiger partial charge >= 0.3 is 0 Å². The molecule has 0 spiro atoms. The van der Waals surface area contributed by atoms with Crippen molar-refractivity contribution < 1.29 is 9.53 Å². The number of morpholine rings is 1. The molecule has 0 saturated carbocycles. The smallest absolute Gasteiger partial charge is 0.220 e. The second kappa shape index (κ2) is 8.24. The number of aryl methyl sites for hydroxylation is 1. The van der Waals surface area contributed by atoms with Crippen molar-refractivity contribution in [3.63, 3.8) is 0 Å². The number of nitrogens with one attached hydrogen (secondary N) is 2. The minimum Gasteiger partial charge on any atom is -0.378 e. The van der Waals surface area contributed by atoms with E-state index in [1.807, 2.05) is 31.3 Å². The van der Waals surface area contributed by atoms with Crippen LogP contribution in [-0.4, -0.2) is 52.4 Å². The van der Waals surface area contributed by atoms with Crippen molar-refractivity contribution >= 4 is 44.2 Å². The van der Waals surface area contributed by atoms with Crippen LogP contribution in [0.2, 0.25) is 0 Å². The lowest BCUT2D eigenvalue weighted by molar-refractivity contribution is -0.120. The number of hydrogen-bond donors (Lipinski definition) is 2. The number of aromatic amines is 1. The number of ether oxygens (including phenoxy) is 1. The van der Waals surface area contributed by atoms with Crippen LogP contribution in [0.1, 0.15) is 23.8 Å². The Balaban J connectivity index is 1.67. The summed E-state index contributed by atoms with van der Waals surface area (Å²) in [6.07, 6.45) is 2.29. The number of carbonyl (C=O) groups excluding carboxylic acids is 1. The molecule has 0 radical (unpaired) electrons. The molecule has 3 aromatic heterocycles. The van der Waals surface area contributed by atoms with Crippen LogP contribution in [-0.2, 0) is 16.1 Å². The highest BCUT2D eigenvalue weighted by Crippen LogP contribution is 2.38. The van der Waals surface area contributed by atoms with Gasteiger partial charge in [-0.3, -0.25) is 9.89 Å². The molecular weight excluding hydrogens is 412 g/mol. The maximum Gasteiger partial charge on any atom is 0.220 e. The number of benzene rings is 1. The number of hydrogen-bond acceptors (Lipinski definition) is 7. The van der Waals surface area contributed by atoms with E-state index in [0.717, 1.165) is 56.0 Å². The molecule has 31 heavy (non-hydrogen) atoms. The first-order valence-corrected chi connectivity index (χ1v) is 11.3. The van der Waals surface area contributed by atoms with Crippen molar-refractivity contribution in [1.82, 2.24) is 25.5 Å². The highest BCUT2D eigenvalue weighted by Gasteiger charge is 2.23. The van der Waals surface area contributed by atoms with E-state index in [2.05, 4.69) is 27.3 Å². The summed E-state index contributed by atoms with van der Waals surface area (Å²) in [4.78, 5) is 25.2. The highest BCUT2D eigenvalue weighted by molar-refractivity contribution is 7.19. The molecule has 0 unspecified atom stereocenters. The van der Waals surface area contributed by atoms with Crippen LogP contribution in [0.5, 0.6) is 0 Å². The van der Waals surface area contributed by atoms with E-state index in [9.17, 15) is 4.79 Å². The van der Waals surface area contributed by atoms with Gasteiger partial charge in [0.2, 0.25) is 5.91 Å². The van der Waals surface area contributed by atoms with E-state index in [1.165, 1.54) is 0 Å². The Hall–Kier alpha value is -3.04. The molecule has 1 amide bonds. The second-order valence-electron chi connectivity index (χ2n) is 7.57. The maximum atomic E-state index is 11.8. The first-order chi connectivity index (χ1) is 15.2. The van der Waals surface area contributed by atoms with Crippen LogP contribution in [0.3, 0.4) is 0 Å². The molecule has 1 saturated heterocycles. The molecule has 9 heteroatoms. The van der Waals surface area contributed by atoms with Gasteiger partial charge in [-0.25, -0.2) is 9.97 Å². The minimum atomic E-state index is 0.0451. The van der Waals surface area contributed by atoms with E-state index in [-0.39, 0.29) is 5.91 Å². The van der Waals surface area contributed by atoms with Crippen molar-refractivity contribution in [2.45, 2.75) is 26.8 Å². The number of fused-ring (bicyclic) bond motifs is 2. The summed E-state index contributed by atoms with van der Waals surface area (Å²) in [6.45, 7) is 7.39. The zero-order valence-electron chi connectivity index (χ0n) is 17.6. The fourth-order valence-electron chi connectivity index (χ4n) is 3.86. The largest absolute Gasteiger partial charge is 0.378 e. The predicted molar refractivity (Wildman–Crippen MR) is 122 cm³/mol. The number of rotatable bonds is 5. The lowest BCUT2D eigenvalue weighted by Crippen LogP contribution is -2.36. The zero-order valence-corrected chi connectivity index (χ0v) is 18.4. The summed E-state index contributed by atoms with van der Waals surface area (Å²) in [5.74, 6) is 1.67. The molecule has 1 aliphatic heterocycles. The molecule has 2 N–H and O–H groups in total. The Morgan fingerprint density at radius 3 is 2.94 bits per heavy atom. The van der Waals surface area contributed by atoms with Crippen molar-refractivity contribution in [3.05, 3.63) is 34.8 Å². The lowest BCUT2D eigenvalue weighted by Gasteiger charge is -2.28. The number of H-pyrrole nitrogens is 1. The van der Waals surface area contributed by atoms with Gasteiger partial charge in [0.25, 0.3) is 0 Å². The van der Waals surface area contributed by atoms with Gasteiger partial charge in [0, 0.05) is 35.3 Å². The van der Waals surface area contributed by atoms with E-state index in [0.29, 0.717) is 32.0 Å². The predicted octanol–water partition coefficient (Wildman–Crippen LogP) is 3.41. The maximum absolute atomic E-state index is 11.8.